The first-order chi connectivity index (χ1) is 14.3. The fourth-order valence-electron chi connectivity index (χ4n) is 3.64. The molecule has 0 bridgehead atoms. The number of tetrazole rings is 2. The summed E-state index contributed by atoms with van der Waals surface area (Å²) in [5, 5.41) is 28.6. The number of rotatable bonds is 14. The summed E-state index contributed by atoms with van der Waals surface area (Å²) >= 11 is 0. The largest absolute Gasteiger partial charge is 0.177 e. The van der Waals surface area contributed by atoms with Crippen molar-refractivity contribution in [3.05, 3.63) is 53.6 Å². The lowest BCUT2D eigenvalue weighted by molar-refractivity contribution is 0.437. The molecular weight excluding hydrogens is 364 g/mol. The molecule has 0 aliphatic heterocycles. The number of nitrogens with zero attached hydrogens (tertiary/aromatic N) is 6. The van der Waals surface area contributed by atoms with Gasteiger partial charge in [-0.05, 0) is 36.3 Å². The lowest BCUT2D eigenvalue weighted by Gasteiger charge is -2.15. The van der Waals surface area contributed by atoms with Gasteiger partial charge in [0, 0.05) is 12.8 Å². The van der Waals surface area contributed by atoms with Crippen LogP contribution >= 0.6 is 0 Å². The highest BCUT2D eigenvalue weighted by Crippen LogP contribution is 2.20. The van der Waals surface area contributed by atoms with Gasteiger partial charge in [-0.2, -0.15) is 10.4 Å². The molecule has 0 fully saturated rings. The molecule has 0 spiro atoms. The van der Waals surface area contributed by atoms with Crippen molar-refractivity contribution in [3.63, 3.8) is 0 Å². The first-order valence-corrected chi connectivity index (χ1v) is 10.5. The molecule has 29 heavy (non-hydrogen) atoms. The van der Waals surface area contributed by atoms with Gasteiger partial charge in [0.2, 0.25) is 0 Å². The zero-order valence-corrected chi connectivity index (χ0v) is 16.9. The zero-order valence-electron chi connectivity index (χ0n) is 16.9. The summed E-state index contributed by atoms with van der Waals surface area (Å²) in [6.45, 7) is 3.82. The Hall–Kier alpha value is -2.90. The molecule has 8 nitrogen and oxygen atoms in total. The predicted molar refractivity (Wildman–Crippen MR) is 112 cm³/mol. The van der Waals surface area contributed by atoms with Crippen LogP contribution in [0.15, 0.2) is 30.8 Å². The molecule has 2 N–H and O–H groups in total. The average molecular weight is 395 g/mol. The van der Waals surface area contributed by atoms with E-state index in [0.29, 0.717) is 5.92 Å². The Bertz CT molecular complexity index is 796. The monoisotopic (exact) mass is 394 g/mol. The van der Waals surface area contributed by atoms with Crippen molar-refractivity contribution >= 4 is 6.08 Å². The van der Waals surface area contributed by atoms with Gasteiger partial charge in [0.15, 0.2) is 11.6 Å². The molecule has 1 aromatic carbocycles. The third-order valence-electron chi connectivity index (χ3n) is 5.25. The summed E-state index contributed by atoms with van der Waals surface area (Å²) in [5.41, 5.74) is 2.51. The summed E-state index contributed by atoms with van der Waals surface area (Å²) < 4.78 is 0. The molecule has 1 atom stereocenters. The van der Waals surface area contributed by atoms with Crippen molar-refractivity contribution in [1.82, 2.24) is 41.2 Å². The molecule has 0 radical (unpaired) electrons. The Balaban J connectivity index is 1.36. The second-order valence-corrected chi connectivity index (χ2v) is 7.54. The highest BCUT2D eigenvalue weighted by Gasteiger charge is 2.13. The van der Waals surface area contributed by atoms with Crippen molar-refractivity contribution in [1.29, 1.82) is 0 Å². The second-order valence-electron chi connectivity index (χ2n) is 7.54. The summed E-state index contributed by atoms with van der Waals surface area (Å²) in [5.74, 6) is 2.15. The summed E-state index contributed by atoms with van der Waals surface area (Å²) in [4.78, 5) is 0. The first-order valence-electron chi connectivity index (χ1n) is 10.5. The molecule has 3 rings (SSSR count). The minimum atomic E-state index is 0.528. The van der Waals surface area contributed by atoms with Gasteiger partial charge in [-0.25, -0.2) is 0 Å². The highest BCUT2D eigenvalue weighted by molar-refractivity contribution is 5.47. The number of unbranched alkanes of at least 4 members (excludes halogenated alkanes) is 5. The number of H-pyrrole nitrogens is 2. The predicted octanol–water partition coefficient (Wildman–Crippen LogP) is 3.73. The van der Waals surface area contributed by atoms with E-state index in [9.17, 15) is 0 Å². The van der Waals surface area contributed by atoms with Crippen molar-refractivity contribution in [2.75, 3.05) is 0 Å². The molecule has 0 amide bonds. The molecule has 3 aromatic rings. The number of aromatic nitrogens is 8. The minimum Gasteiger partial charge on any atom is -0.177 e. The van der Waals surface area contributed by atoms with Crippen LogP contribution in [-0.4, -0.2) is 41.2 Å². The summed E-state index contributed by atoms with van der Waals surface area (Å²) in [6.07, 6.45) is 13.2. The molecule has 154 valence electrons. The van der Waals surface area contributed by atoms with E-state index in [1.165, 1.54) is 44.1 Å². The zero-order chi connectivity index (χ0) is 20.2. The molecule has 0 aliphatic carbocycles. The van der Waals surface area contributed by atoms with Crippen LogP contribution in [0.5, 0.6) is 0 Å². The minimum absolute atomic E-state index is 0.528. The van der Waals surface area contributed by atoms with E-state index in [4.69, 9.17) is 0 Å². The molecule has 0 aliphatic rings. The SMILES string of the molecule is C=Cc1ccc(CC(CCCCCCCCc2nn[nH]n2)Cc2nn[nH]n2)cc1. The topological polar surface area (TPSA) is 109 Å². The first kappa shape index (κ1) is 20.8. The molecule has 8 heteroatoms. The third-order valence-corrected chi connectivity index (χ3v) is 5.25. The maximum absolute atomic E-state index is 4.15. The van der Waals surface area contributed by atoms with Gasteiger partial charge < -0.3 is 0 Å². The maximum Gasteiger partial charge on any atom is 0.174 e. The van der Waals surface area contributed by atoms with Crippen LogP contribution in [0.25, 0.3) is 6.08 Å². The van der Waals surface area contributed by atoms with Gasteiger partial charge in [-0.1, -0.05) is 79.5 Å². The van der Waals surface area contributed by atoms with Crippen molar-refractivity contribution in [2.45, 2.75) is 64.2 Å². The van der Waals surface area contributed by atoms with Gasteiger partial charge >= 0.3 is 0 Å². The van der Waals surface area contributed by atoms with Crippen LogP contribution in [0.2, 0.25) is 0 Å². The molecule has 2 aromatic heterocycles. The van der Waals surface area contributed by atoms with Crippen LogP contribution in [-0.2, 0) is 19.3 Å². The van der Waals surface area contributed by atoms with Crippen molar-refractivity contribution < 1.29 is 0 Å². The molecule has 0 saturated carbocycles. The third kappa shape index (κ3) is 7.56. The van der Waals surface area contributed by atoms with E-state index in [2.05, 4.69) is 72.1 Å². The Morgan fingerprint density at radius 3 is 2.10 bits per heavy atom. The van der Waals surface area contributed by atoms with Crippen LogP contribution in [0.1, 0.15) is 67.7 Å². The van der Waals surface area contributed by atoms with E-state index in [-0.39, 0.29) is 0 Å². The van der Waals surface area contributed by atoms with Gasteiger partial charge in [0.05, 0.1) is 0 Å². The van der Waals surface area contributed by atoms with Crippen molar-refractivity contribution in [2.24, 2.45) is 5.92 Å². The van der Waals surface area contributed by atoms with E-state index in [1.54, 1.807) is 0 Å². The van der Waals surface area contributed by atoms with E-state index < -0.39 is 0 Å². The molecular formula is C21H30N8. The van der Waals surface area contributed by atoms with E-state index in [0.717, 1.165) is 42.9 Å². The van der Waals surface area contributed by atoms with Crippen LogP contribution in [0.4, 0.5) is 0 Å². The van der Waals surface area contributed by atoms with Crippen LogP contribution in [0, 0.1) is 5.92 Å². The second kappa shape index (κ2) is 11.8. The quantitative estimate of drug-likeness (QED) is 0.403. The molecule has 1 unspecified atom stereocenters. The summed E-state index contributed by atoms with van der Waals surface area (Å²) in [6, 6.07) is 8.65. The van der Waals surface area contributed by atoms with Gasteiger partial charge in [-0.15, -0.1) is 20.4 Å². The van der Waals surface area contributed by atoms with Gasteiger partial charge in [0.25, 0.3) is 0 Å². The highest BCUT2D eigenvalue weighted by atomic mass is 15.5. The van der Waals surface area contributed by atoms with Crippen LogP contribution in [0.3, 0.4) is 0 Å². The number of hydrogen-bond acceptors (Lipinski definition) is 6. The van der Waals surface area contributed by atoms with Crippen molar-refractivity contribution in [3.8, 4) is 0 Å². The van der Waals surface area contributed by atoms with E-state index >= 15 is 0 Å². The number of benzene rings is 1. The fraction of sp³-hybridized carbons (Fsp3) is 0.524. The smallest absolute Gasteiger partial charge is 0.174 e. The standard InChI is InChI=1S/C21H30N8/c1-2-17-11-13-18(14-12-17)15-19(16-21-24-28-29-25-21)9-7-5-3-4-6-8-10-20-22-26-27-23-20/h2,11-14,19H,1,3-10,15-16H2,(H,22,23,26,27)(H,24,25,28,29). The van der Waals surface area contributed by atoms with Gasteiger partial charge in [-0.3, -0.25) is 0 Å². The van der Waals surface area contributed by atoms with Crippen LogP contribution < -0.4 is 0 Å². The average Bonchev–Trinajstić information content (AvgIpc) is 3.44. The molecule has 0 saturated heterocycles. The lowest BCUT2D eigenvalue weighted by atomic mass is 9.90. The number of hydrogen-bond donors (Lipinski definition) is 2. The number of nitrogens with one attached hydrogen (secondary N) is 2. The number of aromatic amines is 2. The maximum atomic E-state index is 4.15. The number of aryl methyl sites for hydroxylation is 1. The Labute approximate surface area is 171 Å². The fourth-order valence-corrected chi connectivity index (χ4v) is 3.64. The molecule has 2 heterocycles. The lowest BCUT2D eigenvalue weighted by Crippen LogP contribution is -2.10. The Morgan fingerprint density at radius 2 is 1.45 bits per heavy atom. The Kier molecular flexibility index (Phi) is 8.50. The summed E-state index contributed by atoms with van der Waals surface area (Å²) in [7, 11) is 0. The normalized spacial score (nSPS) is 12.1. The van der Waals surface area contributed by atoms with Gasteiger partial charge in [0.1, 0.15) is 0 Å². The Morgan fingerprint density at radius 1 is 0.793 bits per heavy atom. The van der Waals surface area contributed by atoms with E-state index in [1.807, 2.05) is 6.08 Å².